The first kappa shape index (κ1) is 19.6. The van der Waals surface area contributed by atoms with Gasteiger partial charge in [-0.1, -0.05) is 93.3 Å². The fourth-order valence-electron chi connectivity index (χ4n) is 1.69. The molecule has 0 amide bonds. The van der Waals surface area contributed by atoms with Gasteiger partial charge < -0.3 is 0 Å². The maximum absolute atomic E-state index is 5.85. The van der Waals surface area contributed by atoms with Crippen LogP contribution in [-0.2, 0) is 20.4 Å². The van der Waals surface area contributed by atoms with Gasteiger partial charge in [-0.2, -0.15) is 0 Å². The van der Waals surface area contributed by atoms with E-state index in [-0.39, 0.29) is 11.6 Å². The largest absolute Gasteiger partial charge is 0.250 e. The van der Waals surface area contributed by atoms with Crippen molar-refractivity contribution in [1.82, 2.24) is 15.0 Å². The molecule has 0 aliphatic heterocycles. The molecule has 2 rings (SSSR count). The van der Waals surface area contributed by atoms with E-state index in [2.05, 4.69) is 15.0 Å². The highest BCUT2D eigenvalue weighted by Gasteiger charge is 2.33. The first-order valence-corrected chi connectivity index (χ1v) is 8.84. The zero-order valence-corrected chi connectivity index (χ0v) is 16.5. The minimum absolute atomic E-state index is 0.0927. The lowest BCUT2D eigenvalue weighted by molar-refractivity contribution is 0.759. The Morgan fingerprint density at radius 3 is 1.61 bits per heavy atom. The van der Waals surface area contributed by atoms with E-state index in [1.165, 1.54) is 0 Å². The summed E-state index contributed by atoms with van der Waals surface area (Å²) in [7, 11) is 0. The number of hydrogen-bond acceptors (Lipinski definition) is 3. The van der Waals surface area contributed by atoms with Crippen molar-refractivity contribution in [3.63, 3.8) is 0 Å². The van der Waals surface area contributed by atoms with Crippen molar-refractivity contribution < 1.29 is 0 Å². The molecule has 2 aromatic rings. The summed E-state index contributed by atoms with van der Waals surface area (Å²) in [6, 6.07) is 7.39. The Kier molecular flexibility index (Phi) is 6.52. The molecule has 0 fully saturated rings. The minimum Gasteiger partial charge on any atom is -0.213 e. The van der Waals surface area contributed by atoms with E-state index in [4.69, 9.17) is 81.2 Å². The Morgan fingerprint density at radius 1 is 0.696 bits per heavy atom. The third-order valence-corrected chi connectivity index (χ3v) is 4.01. The Balaban J connectivity index is 2.28. The highest BCUT2D eigenvalue weighted by Crippen LogP contribution is 2.39. The predicted molar refractivity (Wildman–Crippen MR) is 97.2 cm³/mol. The number of aromatic nitrogens is 3. The molecular weight excluding hydrogens is 446 g/mol. The van der Waals surface area contributed by atoms with Crippen molar-refractivity contribution in [3.8, 4) is 0 Å². The Labute approximate surface area is 168 Å². The number of nitrogens with zero attached hydrogens (tertiary/aromatic N) is 3. The van der Waals surface area contributed by atoms with Crippen LogP contribution in [0.1, 0.15) is 23.0 Å². The van der Waals surface area contributed by atoms with Crippen LogP contribution in [0.4, 0.5) is 0 Å². The average Bonchev–Trinajstić information content (AvgIpc) is 2.44. The van der Waals surface area contributed by atoms with Crippen molar-refractivity contribution in [2.45, 2.75) is 20.4 Å². The van der Waals surface area contributed by atoms with Gasteiger partial charge in [-0.25, -0.2) is 15.0 Å². The quantitative estimate of drug-likeness (QED) is 0.537. The van der Waals surface area contributed by atoms with Crippen LogP contribution in [0.5, 0.6) is 0 Å². The van der Waals surface area contributed by atoms with E-state index in [0.29, 0.717) is 23.7 Å². The van der Waals surface area contributed by atoms with Gasteiger partial charge in [0.1, 0.15) is 5.82 Å². The molecule has 0 aliphatic carbocycles. The number of rotatable bonds is 3. The summed E-state index contributed by atoms with van der Waals surface area (Å²) in [5.41, 5.74) is 1.04. The topological polar surface area (TPSA) is 38.7 Å². The summed E-state index contributed by atoms with van der Waals surface area (Å²) < 4.78 is -3.69. The summed E-state index contributed by atoms with van der Waals surface area (Å²) in [5.74, 6) is 0.174. The summed E-state index contributed by atoms with van der Waals surface area (Å²) in [4.78, 5) is 12.2. The van der Waals surface area contributed by atoms with Gasteiger partial charge >= 0.3 is 0 Å². The lowest BCUT2D eigenvalue weighted by Crippen LogP contribution is -2.18. The highest BCUT2D eigenvalue weighted by molar-refractivity contribution is 6.67. The first-order valence-electron chi connectivity index (χ1n) is 6.19. The van der Waals surface area contributed by atoms with Gasteiger partial charge in [-0.3, -0.25) is 0 Å². The van der Waals surface area contributed by atoms with E-state index in [1.807, 2.05) is 12.1 Å². The second-order valence-corrected chi connectivity index (χ2v) is 9.52. The molecule has 0 saturated carbocycles. The highest BCUT2D eigenvalue weighted by atomic mass is 35.6. The van der Waals surface area contributed by atoms with Crippen molar-refractivity contribution in [2.75, 3.05) is 0 Å². The molecule has 0 aliphatic rings. The van der Waals surface area contributed by atoms with E-state index in [9.17, 15) is 0 Å². The van der Waals surface area contributed by atoms with Crippen LogP contribution in [0, 0.1) is 0 Å². The normalized spacial score (nSPS) is 12.5. The molecule has 1 aromatic carbocycles. The van der Waals surface area contributed by atoms with Crippen molar-refractivity contribution in [2.24, 2.45) is 0 Å². The standard InChI is InChI=1S/C13H8Cl7N3/c14-8-4-1-7(2-5-8)3-6-9-21-10(12(15,16)17)23-11(22-9)13(18,19)20/h1-2,4-5H,3,6H2. The number of hydrogen-bond donors (Lipinski definition) is 0. The molecule has 10 heteroatoms. The molecule has 0 unspecified atom stereocenters. The SMILES string of the molecule is Clc1ccc(CCc2nc(C(Cl)(Cl)Cl)nc(C(Cl)(Cl)Cl)n2)cc1. The molecule has 0 atom stereocenters. The number of alkyl halides is 6. The third kappa shape index (κ3) is 5.93. The van der Waals surface area contributed by atoms with Crippen LogP contribution in [0.25, 0.3) is 0 Å². The molecule has 124 valence electrons. The summed E-state index contributed by atoms with van der Waals surface area (Å²) >= 11 is 40.8. The molecular formula is C13H8Cl7N3. The Hall–Kier alpha value is 0.260. The molecule has 0 saturated heterocycles. The van der Waals surface area contributed by atoms with Crippen molar-refractivity contribution >= 4 is 81.2 Å². The fourth-order valence-corrected chi connectivity index (χ4v) is 2.33. The first-order chi connectivity index (χ1) is 10.6. The van der Waals surface area contributed by atoms with E-state index in [0.717, 1.165) is 5.56 Å². The Morgan fingerprint density at radius 2 is 1.17 bits per heavy atom. The molecule has 23 heavy (non-hydrogen) atoms. The van der Waals surface area contributed by atoms with Gasteiger partial charge in [0.05, 0.1) is 0 Å². The maximum Gasteiger partial charge on any atom is 0.250 e. The monoisotopic (exact) mass is 451 g/mol. The summed E-state index contributed by atoms with van der Waals surface area (Å²) in [6.07, 6.45) is 1.09. The van der Waals surface area contributed by atoms with Gasteiger partial charge in [-0.15, -0.1) is 0 Å². The second kappa shape index (κ2) is 7.65. The lowest BCUT2D eigenvalue weighted by Gasteiger charge is -2.15. The minimum atomic E-state index is -1.84. The number of benzene rings is 1. The van der Waals surface area contributed by atoms with Crippen LogP contribution in [0.15, 0.2) is 24.3 Å². The van der Waals surface area contributed by atoms with E-state index < -0.39 is 7.59 Å². The van der Waals surface area contributed by atoms with Gasteiger partial charge in [0.15, 0.2) is 11.6 Å². The maximum atomic E-state index is 5.85. The number of aryl methyl sites for hydroxylation is 2. The van der Waals surface area contributed by atoms with Crippen molar-refractivity contribution in [3.05, 3.63) is 52.3 Å². The molecule has 0 N–H and O–H groups in total. The molecule has 0 spiro atoms. The lowest BCUT2D eigenvalue weighted by atomic mass is 10.1. The summed E-state index contributed by atoms with van der Waals surface area (Å²) in [6.45, 7) is 0. The second-order valence-electron chi connectivity index (χ2n) is 4.52. The summed E-state index contributed by atoms with van der Waals surface area (Å²) in [5, 5.41) is 0.658. The van der Waals surface area contributed by atoms with Crippen LogP contribution >= 0.6 is 81.2 Å². The average molecular weight is 454 g/mol. The van der Waals surface area contributed by atoms with Crippen LogP contribution in [0.3, 0.4) is 0 Å². The van der Waals surface area contributed by atoms with Gasteiger partial charge in [0.2, 0.25) is 7.59 Å². The smallest absolute Gasteiger partial charge is 0.213 e. The predicted octanol–water partition coefficient (Wildman–Crippen LogP) is 5.96. The van der Waals surface area contributed by atoms with E-state index >= 15 is 0 Å². The van der Waals surface area contributed by atoms with Gasteiger partial charge in [-0.05, 0) is 24.1 Å². The van der Waals surface area contributed by atoms with Crippen LogP contribution < -0.4 is 0 Å². The molecule has 3 nitrogen and oxygen atoms in total. The molecule has 0 bridgehead atoms. The van der Waals surface area contributed by atoms with Crippen molar-refractivity contribution in [1.29, 1.82) is 0 Å². The van der Waals surface area contributed by atoms with E-state index in [1.54, 1.807) is 12.1 Å². The fraction of sp³-hybridized carbons (Fsp3) is 0.308. The van der Waals surface area contributed by atoms with Gasteiger partial charge in [0.25, 0.3) is 0 Å². The molecule has 1 aromatic heterocycles. The Bertz CT molecular complexity index is 645. The van der Waals surface area contributed by atoms with Crippen LogP contribution in [-0.4, -0.2) is 15.0 Å². The zero-order chi connectivity index (χ0) is 17.3. The molecule has 0 radical (unpaired) electrons. The van der Waals surface area contributed by atoms with Gasteiger partial charge in [0, 0.05) is 11.4 Å². The van der Waals surface area contributed by atoms with Crippen LogP contribution in [0.2, 0.25) is 5.02 Å². The zero-order valence-electron chi connectivity index (χ0n) is 11.2. The third-order valence-electron chi connectivity index (χ3n) is 2.74. The molecule has 1 heterocycles. The number of halogens is 7.